The zero-order valence-corrected chi connectivity index (χ0v) is 13.6. The van der Waals surface area contributed by atoms with Crippen LogP contribution in [0.1, 0.15) is 25.2 Å². The van der Waals surface area contributed by atoms with E-state index >= 15 is 0 Å². The Balaban J connectivity index is 1.97. The average molecular weight is 290 g/mol. The third-order valence-corrected chi connectivity index (χ3v) is 3.81. The number of likely N-dealkylation sites (N-methyl/N-ethyl adjacent to an activating group) is 1. The van der Waals surface area contributed by atoms with Gasteiger partial charge in [0.05, 0.1) is 6.20 Å². The fraction of sp³-hybridized carbons (Fsp3) is 0.562. The molecule has 0 bridgehead atoms. The van der Waals surface area contributed by atoms with Gasteiger partial charge in [-0.05, 0) is 39.1 Å². The van der Waals surface area contributed by atoms with Gasteiger partial charge in [0.2, 0.25) is 0 Å². The number of hydrogen-bond donors (Lipinski definition) is 2. The van der Waals surface area contributed by atoms with E-state index in [2.05, 4.69) is 48.4 Å². The summed E-state index contributed by atoms with van der Waals surface area (Å²) in [5, 5.41) is 10.7. The molecule has 2 heterocycles. The Hall–Kier alpha value is -1.59. The number of aromatic nitrogens is 2. The molecule has 2 aromatic rings. The van der Waals surface area contributed by atoms with Gasteiger partial charge in [-0.3, -0.25) is 5.10 Å². The van der Waals surface area contributed by atoms with Gasteiger partial charge in [-0.1, -0.05) is 13.8 Å². The molecule has 1 atom stereocenters. The third-order valence-electron chi connectivity index (χ3n) is 3.81. The topological polar surface area (TPSA) is 57.1 Å². The van der Waals surface area contributed by atoms with Crippen molar-refractivity contribution in [2.24, 2.45) is 5.92 Å². The van der Waals surface area contributed by atoms with Crippen molar-refractivity contribution in [2.75, 3.05) is 20.6 Å². The monoisotopic (exact) mass is 290 g/mol. The van der Waals surface area contributed by atoms with Gasteiger partial charge in [-0.25, -0.2) is 0 Å². The second kappa shape index (κ2) is 6.91. The Morgan fingerprint density at radius 1 is 1.33 bits per heavy atom. The minimum Gasteiger partial charge on any atom is -0.460 e. The molecule has 0 saturated heterocycles. The molecule has 1 unspecified atom stereocenters. The molecule has 0 aromatic carbocycles. The molecule has 0 aliphatic rings. The van der Waals surface area contributed by atoms with Crippen LogP contribution in [0.2, 0.25) is 0 Å². The highest BCUT2D eigenvalue weighted by Crippen LogP contribution is 2.23. The largest absolute Gasteiger partial charge is 0.460 e. The molecule has 116 valence electrons. The fourth-order valence-electron chi connectivity index (χ4n) is 2.60. The highest BCUT2D eigenvalue weighted by Gasteiger charge is 2.16. The van der Waals surface area contributed by atoms with E-state index in [9.17, 15) is 0 Å². The average Bonchev–Trinajstić information content (AvgIpc) is 3.02. The Morgan fingerprint density at radius 2 is 2.10 bits per heavy atom. The van der Waals surface area contributed by atoms with E-state index in [1.54, 1.807) is 0 Å². The van der Waals surface area contributed by atoms with E-state index in [-0.39, 0.29) is 0 Å². The summed E-state index contributed by atoms with van der Waals surface area (Å²) in [6, 6.07) is 4.46. The maximum atomic E-state index is 5.67. The van der Waals surface area contributed by atoms with Crippen LogP contribution in [0.5, 0.6) is 0 Å². The normalized spacial score (nSPS) is 13.3. The first-order valence-corrected chi connectivity index (χ1v) is 7.45. The number of aromatic amines is 1. The standard InChI is InChI=1S/C16H26N4O/c1-11(2)14(20(4)5)10-17-8-13-9-18-19-16(13)15-7-6-12(3)21-15/h6-7,9,11,14,17H,8,10H2,1-5H3,(H,18,19). The Bertz CT molecular complexity index is 548. The molecule has 2 N–H and O–H groups in total. The van der Waals surface area contributed by atoms with Crippen LogP contribution in [0.15, 0.2) is 22.7 Å². The molecular formula is C16H26N4O. The van der Waals surface area contributed by atoms with Crippen molar-refractivity contribution in [3.8, 4) is 11.5 Å². The molecular weight excluding hydrogens is 264 g/mol. The van der Waals surface area contributed by atoms with Crippen LogP contribution in [0.3, 0.4) is 0 Å². The lowest BCUT2D eigenvalue weighted by molar-refractivity contribution is 0.224. The van der Waals surface area contributed by atoms with Crippen LogP contribution in [0.4, 0.5) is 0 Å². The van der Waals surface area contributed by atoms with Crippen molar-refractivity contribution in [1.82, 2.24) is 20.4 Å². The van der Waals surface area contributed by atoms with Crippen molar-refractivity contribution in [3.05, 3.63) is 29.7 Å². The predicted octanol–water partition coefficient (Wildman–Crippen LogP) is 2.65. The van der Waals surface area contributed by atoms with Crippen molar-refractivity contribution < 1.29 is 4.42 Å². The van der Waals surface area contributed by atoms with Gasteiger partial charge in [-0.15, -0.1) is 0 Å². The van der Waals surface area contributed by atoms with E-state index < -0.39 is 0 Å². The van der Waals surface area contributed by atoms with Crippen LogP contribution >= 0.6 is 0 Å². The van der Waals surface area contributed by atoms with Gasteiger partial charge < -0.3 is 14.6 Å². The molecule has 2 rings (SSSR count). The van der Waals surface area contributed by atoms with Crippen LogP contribution in [-0.2, 0) is 6.54 Å². The van der Waals surface area contributed by atoms with Gasteiger partial charge in [0.1, 0.15) is 11.5 Å². The number of furan rings is 1. The van der Waals surface area contributed by atoms with Crippen molar-refractivity contribution >= 4 is 0 Å². The maximum absolute atomic E-state index is 5.67. The SMILES string of the molecule is Cc1ccc(-c2[nH]ncc2CNCC(C(C)C)N(C)C)o1. The molecule has 0 fully saturated rings. The summed E-state index contributed by atoms with van der Waals surface area (Å²) < 4.78 is 5.67. The van der Waals surface area contributed by atoms with Crippen molar-refractivity contribution in [2.45, 2.75) is 33.4 Å². The Morgan fingerprint density at radius 3 is 2.67 bits per heavy atom. The smallest absolute Gasteiger partial charge is 0.152 e. The van der Waals surface area contributed by atoms with Gasteiger partial charge in [0.25, 0.3) is 0 Å². The van der Waals surface area contributed by atoms with E-state index in [4.69, 9.17) is 4.42 Å². The first-order chi connectivity index (χ1) is 9.99. The molecule has 2 aromatic heterocycles. The molecule has 21 heavy (non-hydrogen) atoms. The first kappa shape index (κ1) is 15.8. The molecule has 5 heteroatoms. The molecule has 0 radical (unpaired) electrons. The van der Waals surface area contributed by atoms with Gasteiger partial charge >= 0.3 is 0 Å². The highest BCUT2D eigenvalue weighted by molar-refractivity contribution is 5.56. The van der Waals surface area contributed by atoms with E-state index in [1.165, 1.54) is 0 Å². The van der Waals surface area contributed by atoms with Crippen LogP contribution in [0.25, 0.3) is 11.5 Å². The van der Waals surface area contributed by atoms with Crippen molar-refractivity contribution in [1.29, 1.82) is 0 Å². The molecule has 0 amide bonds. The fourth-order valence-corrected chi connectivity index (χ4v) is 2.60. The number of aryl methyl sites for hydroxylation is 1. The Labute approximate surface area is 126 Å². The summed E-state index contributed by atoms with van der Waals surface area (Å²) in [6.45, 7) is 8.18. The van der Waals surface area contributed by atoms with E-state index in [0.29, 0.717) is 12.0 Å². The first-order valence-electron chi connectivity index (χ1n) is 7.45. The summed E-state index contributed by atoms with van der Waals surface area (Å²) in [5.74, 6) is 2.37. The molecule has 0 saturated carbocycles. The molecule has 5 nitrogen and oxygen atoms in total. The lowest BCUT2D eigenvalue weighted by Gasteiger charge is -2.28. The van der Waals surface area contributed by atoms with Gasteiger partial charge in [0.15, 0.2) is 5.76 Å². The zero-order chi connectivity index (χ0) is 15.4. The lowest BCUT2D eigenvalue weighted by Crippen LogP contribution is -2.41. The maximum Gasteiger partial charge on any atom is 0.152 e. The van der Waals surface area contributed by atoms with E-state index in [1.807, 2.05) is 25.3 Å². The quantitative estimate of drug-likeness (QED) is 0.823. The van der Waals surface area contributed by atoms with Crippen molar-refractivity contribution in [3.63, 3.8) is 0 Å². The number of H-pyrrole nitrogens is 1. The van der Waals surface area contributed by atoms with Gasteiger partial charge in [0, 0.05) is 24.7 Å². The zero-order valence-electron chi connectivity index (χ0n) is 13.6. The summed E-state index contributed by atoms with van der Waals surface area (Å²) in [7, 11) is 4.25. The summed E-state index contributed by atoms with van der Waals surface area (Å²) in [4.78, 5) is 2.27. The second-order valence-electron chi connectivity index (χ2n) is 6.09. The van der Waals surface area contributed by atoms with Crippen LogP contribution in [-0.4, -0.2) is 41.8 Å². The number of hydrogen-bond acceptors (Lipinski definition) is 4. The number of rotatable bonds is 7. The van der Waals surface area contributed by atoms with Crippen LogP contribution in [0, 0.1) is 12.8 Å². The highest BCUT2D eigenvalue weighted by atomic mass is 16.3. The number of nitrogens with zero attached hydrogens (tertiary/aromatic N) is 2. The van der Waals surface area contributed by atoms with Crippen LogP contribution < -0.4 is 5.32 Å². The molecule has 0 spiro atoms. The summed E-state index contributed by atoms with van der Waals surface area (Å²) in [6.07, 6.45) is 1.86. The lowest BCUT2D eigenvalue weighted by atomic mass is 10.0. The third kappa shape index (κ3) is 3.95. The Kier molecular flexibility index (Phi) is 5.20. The van der Waals surface area contributed by atoms with Gasteiger partial charge in [-0.2, -0.15) is 5.10 Å². The van der Waals surface area contributed by atoms with E-state index in [0.717, 1.165) is 35.9 Å². The minimum absolute atomic E-state index is 0.520. The summed E-state index contributed by atoms with van der Waals surface area (Å²) in [5.41, 5.74) is 2.09. The molecule has 0 aliphatic heterocycles. The minimum atomic E-state index is 0.520. The summed E-state index contributed by atoms with van der Waals surface area (Å²) >= 11 is 0. The number of nitrogens with one attached hydrogen (secondary N) is 2. The predicted molar refractivity (Wildman–Crippen MR) is 85.0 cm³/mol. The second-order valence-corrected chi connectivity index (χ2v) is 6.09. The molecule has 0 aliphatic carbocycles.